The summed E-state index contributed by atoms with van der Waals surface area (Å²) in [5.41, 5.74) is 2.85. The Bertz CT molecular complexity index is 1250. The summed E-state index contributed by atoms with van der Waals surface area (Å²) in [6.07, 6.45) is 7.59. The summed E-state index contributed by atoms with van der Waals surface area (Å²) in [6, 6.07) is 3.76. The standard InChI is InChI=1S/C20H19ClN6OS/c1-26(2)20(28)11-3-4-12-15(9-11)29-19-16(12)18(22-10-23-19)25-13-6-8-27-14(17(13)21)5-7-24-27/h5-8,10-11H,3-4,9H2,1-2H3,(H,22,23,25). The van der Waals surface area contributed by atoms with E-state index in [0.29, 0.717) is 5.02 Å². The van der Waals surface area contributed by atoms with Gasteiger partial charge in [0.2, 0.25) is 5.91 Å². The van der Waals surface area contributed by atoms with Gasteiger partial charge in [-0.2, -0.15) is 5.10 Å². The van der Waals surface area contributed by atoms with Crippen molar-refractivity contribution in [2.75, 3.05) is 19.4 Å². The number of hydrogen-bond acceptors (Lipinski definition) is 6. The highest BCUT2D eigenvalue weighted by molar-refractivity contribution is 7.19. The maximum absolute atomic E-state index is 12.4. The quantitative estimate of drug-likeness (QED) is 0.537. The first kappa shape index (κ1) is 18.3. The van der Waals surface area contributed by atoms with Crippen molar-refractivity contribution in [3.63, 3.8) is 0 Å². The normalized spacial score (nSPS) is 16.2. The lowest BCUT2D eigenvalue weighted by Gasteiger charge is -2.24. The first-order valence-corrected chi connectivity index (χ1v) is 10.6. The molecule has 1 aliphatic carbocycles. The summed E-state index contributed by atoms with van der Waals surface area (Å²) in [5.74, 6) is 0.975. The molecule has 0 radical (unpaired) electrons. The average Bonchev–Trinajstić information content (AvgIpc) is 3.34. The van der Waals surface area contributed by atoms with Crippen molar-refractivity contribution in [2.45, 2.75) is 19.3 Å². The molecule has 4 aromatic rings. The Morgan fingerprint density at radius 2 is 2.21 bits per heavy atom. The summed E-state index contributed by atoms with van der Waals surface area (Å²) in [4.78, 5) is 25.3. The molecule has 1 aliphatic rings. The van der Waals surface area contributed by atoms with Crippen LogP contribution in [0.2, 0.25) is 5.02 Å². The van der Waals surface area contributed by atoms with Gasteiger partial charge in [0.15, 0.2) is 0 Å². The third-order valence-electron chi connectivity index (χ3n) is 5.40. The van der Waals surface area contributed by atoms with Crippen LogP contribution in [0.5, 0.6) is 0 Å². The number of aromatic nitrogens is 4. The minimum atomic E-state index is 0.0358. The van der Waals surface area contributed by atoms with Gasteiger partial charge in [-0.3, -0.25) is 4.79 Å². The van der Waals surface area contributed by atoms with Crippen LogP contribution < -0.4 is 5.32 Å². The lowest BCUT2D eigenvalue weighted by Crippen LogP contribution is -2.32. The Morgan fingerprint density at radius 3 is 3.03 bits per heavy atom. The molecule has 4 aromatic heterocycles. The highest BCUT2D eigenvalue weighted by atomic mass is 35.5. The summed E-state index contributed by atoms with van der Waals surface area (Å²) in [5, 5.41) is 9.23. The number of halogens is 1. The van der Waals surface area contributed by atoms with Gasteiger partial charge in [-0.1, -0.05) is 11.6 Å². The van der Waals surface area contributed by atoms with E-state index in [-0.39, 0.29) is 11.8 Å². The van der Waals surface area contributed by atoms with Crippen molar-refractivity contribution in [1.82, 2.24) is 24.5 Å². The Hall–Kier alpha value is -2.71. The third-order valence-corrected chi connectivity index (χ3v) is 6.96. The number of amides is 1. The van der Waals surface area contributed by atoms with Crippen LogP contribution in [0.25, 0.3) is 15.7 Å². The van der Waals surface area contributed by atoms with E-state index in [1.807, 2.05) is 32.4 Å². The van der Waals surface area contributed by atoms with Gasteiger partial charge in [0, 0.05) is 31.1 Å². The minimum absolute atomic E-state index is 0.0358. The zero-order chi connectivity index (χ0) is 20.1. The molecule has 4 heterocycles. The largest absolute Gasteiger partial charge is 0.349 e. The highest BCUT2D eigenvalue weighted by Gasteiger charge is 2.30. The summed E-state index contributed by atoms with van der Waals surface area (Å²) in [7, 11) is 3.63. The molecule has 29 heavy (non-hydrogen) atoms. The number of nitrogens with zero attached hydrogens (tertiary/aromatic N) is 5. The Morgan fingerprint density at radius 1 is 1.34 bits per heavy atom. The van der Waals surface area contributed by atoms with Crippen molar-refractivity contribution >= 4 is 56.1 Å². The summed E-state index contributed by atoms with van der Waals surface area (Å²) in [6.45, 7) is 0. The molecule has 9 heteroatoms. The lowest BCUT2D eigenvalue weighted by molar-refractivity contribution is -0.133. The lowest BCUT2D eigenvalue weighted by atomic mass is 9.87. The number of nitrogens with one attached hydrogen (secondary N) is 1. The van der Waals surface area contributed by atoms with Gasteiger partial charge in [0.1, 0.15) is 17.0 Å². The van der Waals surface area contributed by atoms with E-state index in [9.17, 15) is 4.79 Å². The van der Waals surface area contributed by atoms with E-state index in [2.05, 4.69) is 20.4 Å². The van der Waals surface area contributed by atoms with E-state index in [0.717, 1.165) is 46.5 Å². The third kappa shape index (κ3) is 3.03. The first-order valence-electron chi connectivity index (χ1n) is 9.38. The van der Waals surface area contributed by atoms with Crippen molar-refractivity contribution in [1.29, 1.82) is 0 Å². The van der Waals surface area contributed by atoms with Gasteiger partial charge in [0.25, 0.3) is 0 Å². The number of carbonyl (C=O) groups excluding carboxylic acids is 1. The number of pyridine rings is 1. The highest BCUT2D eigenvalue weighted by Crippen LogP contribution is 2.41. The molecule has 1 atom stereocenters. The number of hydrogen-bond donors (Lipinski definition) is 1. The van der Waals surface area contributed by atoms with Gasteiger partial charge in [-0.05, 0) is 37.0 Å². The predicted molar refractivity (Wildman–Crippen MR) is 115 cm³/mol. The minimum Gasteiger partial charge on any atom is -0.349 e. The number of rotatable bonds is 3. The molecule has 0 bridgehead atoms. The molecule has 1 N–H and O–H groups in total. The SMILES string of the molecule is CN(C)C(=O)C1CCc2c(sc3ncnc(Nc4ccn5nccc5c4Cl)c23)C1. The summed E-state index contributed by atoms with van der Waals surface area (Å²) >= 11 is 8.24. The first-order chi connectivity index (χ1) is 14.0. The molecule has 0 aliphatic heterocycles. The molecule has 1 amide bonds. The van der Waals surface area contributed by atoms with Gasteiger partial charge in [0.05, 0.1) is 27.8 Å². The number of carbonyl (C=O) groups is 1. The number of anilines is 2. The van der Waals surface area contributed by atoms with Crippen LogP contribution in [-0.4, -0.2) is 44.5 Å². The fourth-order valence-corrected chi connectivity index (χ4v) is 5.50. The van der Waals surface area contributed by atoms with E-state index in [1.54, 1.807) is 33.3 Å². The Balaban J connectivity index is 1.54. The van der Waals surface area contributed by atoms with Crippen molar-refractivity contribution in [3.8, 4) is 0 Å². The topological polar surface area (TPSA) is 75.4 Å². The average molecular weight is 427 g/mol. The van der Waals surface area contributed by atoms with Gasteiger partial charge >= 0.3 is 0 Å². The van der Waals surface area contributed by atoms with E-state index < -0.39 is 0 Å². The maximum atomic E-state index is 12.4. The Labute approximate surface area is 176 Å². The zero-order valence-corrected chi connectivity index (χ0v) is 17.6. The van der Waals surface area contributed by atoms with Crippen LogP contribution in [-0.2, 0) is 17.6 Å². The second-order valence-corrected chi connectivity index (χ2v) is 8.87. The molecule has 0 saturated carbocycles. The second-order valence-electron chi connectivity index (χ2n) is 7.41. The second kappa shape index (κ2) is 6.96. The van der Waals surface area contributed by atoms with Crippen LogP contribution in [0.1, 0.15) is 16.9 Å². The van der Waals surface area contributed by atoms with Crippen molar-refractivity contribution < 1.29 is 4.79 Å². The molecule has 0 fully saturated rings. The maximum Gasteiger partial charge on any atom is 0.225 e. The van der Waals surface area contributed by atoms with E-state index in [4.69, 9.17) is 11.6 Å². The van der Waals surface area contributed by atoms with Crippen LogP contribution in [0, 0.1) is 5.92 Å². The molecule has 0 aromatic carbocycles. The zero-order valence-electron chi connectivity index (χ0n) is 16.0. The van der Waals surface area contributed by atoms with E-state index >= 15 is 0 Å². The van der Waals surface area contributed by atoms with Crippen LogP contribution in [0.4, 0.5) is 11.5 Å². The number of thiophene rings is 1. The molecular formula is C20H19ClN6OS. The number of fused-ring (bicyclic) bond motifs is 4. The Kier molecular flexibility index (Phi) is 4.40. The van der Waals surface area contributed by atoms with E-state index in [1.165, 1.54) is 10.4 Å². The van der Waals surface area contributed by atoms with Crippen LogP contribution >= 0.6 is 22.9 Å². The summed E-state index contributed by atoms with van der Waals surface area (Å²) < 4.78 is 1.73. The fourth-order valence-electron chi connectivity index (χ4n) is 3.97. The van der Waals surface area contributed by atoms with Crippen LogP contribution in [0.15, 0.2) is 30.9 Å². The monoisotopic (exact) mass is 426 g/mol. The predicted octanol–water partition coefficient (Wildman–Crippen LogP) is 3.93. The van der Waals surface area contributed by atoms with Gasteiger partial charge in [-0.15, -0.1) is 11.3 Å². The van der Waals surface area contributed by atoms with Crippen LogP contribution in [0.3, 0.4) is 0 Å². The van der Waals surface area contributed by atoms with Crippen molar-refractivity contribution in [2.24, 2.45) is 5.92 Å². The molecule has 5 rings (SSSR count). The van der Waals surface area contributed by atoms with Gasteiger partial charge < -0.3 is 10.2 Å². The fraction of sp³-hybridized carbons (Fsp3) is 0.300. The molecule has 148 valence electrons. The molecule has 0 saturated heterocycles. The molecule has 7 nitrogen and oxygen atoms in total. The molecular weight excluding hydrogens is 408 g/mol. The number of aryl methyl sites for hydroxylation is 1. The van der Waals surface area contributed by atoms with Crippen molar-refractivity contribution in [3.05, 3.63) is 46.3 Å². The molecule has 0 spiro atoms. The molecule has 1 unspecified atom stereocenters. The van der Waals surface area contributed by atoms with Gasteiger partial charge in [-0.25, -0.2) is 14.5 Å². The smallest absolute Gasteiger partial charge is 0.225 e.